The van der Waals surface area contributed by atoms with Crippen LogP contribution in [0.5, 0.6) is 0 Å². The van der Waals surface area contributed by atoms with Gasteiger partial charge in [0.25, 0.3) is 0 Å². The summed E-state index contributed by atoms with van der Waals surface area (Å²) in [5, 5.41) is 2.53. The Hall–Kier alpha value is -1.76. The second-order valence-electron chi connectivity index (χ2n) is 4.50. The Kier molecular flexibility index (Phi) is 2.00. The maximum absolute atomic E-state index is 5.91. The average Bonchev–Trinajstić information content (AvgIpc) is 2.66. The van der Waals surface area contributed by atoms with Gasteiger partial charge in [0.1, 0.15) is 11.5 Å². The summed E-state index contributed by atoms with van der Waals surface area (Å²) >= 11 is 0. The normalized spacial score (nSPS) is 11.7. The topological polar surface area (TPSA) is 13.1 Å². The molecule has 0 atom stereocenters. The van der Waals surface area contributed by atoms with Crippen LogP contribution in [0.25, 0.3) is 22.1 Å². The molecular weight excluding hydrogens is 196 g/mol. The molecule has 0 radical (unpaired) electrons. The summed E-state index contributed by atoms with van der Waals surface area (Å²) in [6.45, 7) is 4.29. The van der Waals surface area contributed by atoms with Gasteiger partial charge in [-0.1, -0.05) is 38.1 Å². The molecular formula is C15H14O. The van der Waals surface area contributed by atoms with Crippen LogP contribution in [0.15, 0.2) is 46.9 Å². The van der Waals surface area contributed by atoms with E-state index in [1.807, 2.05) is 0 Å². The summed E-state index contributed by atoms with van der Waals surface area (Å²) < 4.78 is 5.91. The van der Waals surface area contributed by atoms with Gasteiger partial charge in [-0.25, -0.2) is 0 Å². The van der Waals surface area contributed by atoms with E-state index >= 15 is 0 Å². The fourth-order valence-corrected chi connectivity index (χ4v) is 2.11. The zero-order valence-corrected chi connectivity index (χ0v) is 9.53. The van der Waals surface area contributed by atoms with Crippen molar-refractivity contribution in [1.82, 2.24) is 0 Å². The lowest BCUT2D eigenvalue weighted by Crippen LogP contribution is -1.87. The molecule has 1 heterocycles. The minimum atomic E-state index is 0.433. The fourth-order valence-electron chi connectivity index (χ4n) is 2.11. The lowest BCUT2D eigenvalue weighted by atomic mass is 10.1. The van der Waals surface area contributed by atoms with Crippen molar-refractivity contribution in [3.05, 3.63) is 48.2 Å². The van der Waals surface area contributed by atoms with Crippen LogP contribution in [0.4, 0.5) is 0 Å². The van der Waals surface area contributed by atoms with Crippen LogP contribution in [0.1, 0.15) is 25.5 Å². The first-order valence-electron chi connectivity index (χ1n) is 5.67. The Morgan fingerprint density at radius 2 is 1.81 bits per heavy atom. The van der Waals surface area contributed by atoms with E-state index in [2.05, 4.69) is 56.3 Å². The molecule has 0 fully saturated rings. The highest BCUT2D eigenvalue weighted by atomic mass is 16.3. The van der Waals surface area contributed by atoms with Gasteiger partial charge in [-0.15, -0.1) is 0 Å². The molecule has 1 aromatic carbocycles. The van der Waals surface area contributed by atoms with Crippen LogP contribution >= 0.6 is 0 Å². The maximum Gasteiger partial charge on any atom is 0.135 e. The first-order valence-corrected chi connectivity index (χ1v) is 5.67. The van der Waals surface area contributed by atoms with Crippen molar-refractivity contribution in [2.45, 2.75) is 19.8 Å². The zero-order chi connectivity index (χ0) is 11.1. The van der Waals surface area contributed by atoms with Crippen LogP contribution in [0, 0.1) is 0 Å². The summed E-state index contributed by atoms with van der Waals surface area (Å²) in [5.74, 6) is 2.47. The Morgan fingerprint density at radius 1 is 1.00 bits per heavy atom. The molecule has 1 nitrogen and oxygen atoms in total. The van der Waals surface area contributed by atoms with Crippen molar-refractivity contribution in [3.8, 4) is 11.3 Å². The predicted molar refractivity (Wildman–Crippen MR) is 66.9 cm³/mol. The molecule has 0 unspecified atom stereocenters. The lowest BCUT2D eigenvalue weighted by molar-refractivity contribution is 0.484. The quantitative estimate of drug-likeness (QED) is 0.569. The van der Waals surface area contributed by atoms with E-state index in [-0.39, 0.29) is 0 Å². The van der Waals surface area contributed by atoms with Crippen molar-refractivity contribution in [2.24, 2.45) is 0 Å². The van der Waals surface area contributed by atoms with Gasteiger partial charge in [0.05, 0.1) is 0 Å². The number of hydrogen-bond donors (Lipinski definition) is 0. The van der Waals surface area contributed by atoms with Gasteiger partial charge in [-0.3, -0.25) is 0 Å². The molecule has 16 heavy (non-hydrogen) atoms. The van der Waals surface area contributed by atoms with Gasteiger partial charge < -0.3 is 4.42 Å². The monoisotopic (exact) mass is 210 g/mol. The summed E-state index contributed by atoms with van der Waals surface area (Å²) in [6.07, 6.45) is 0. The zero-order valence-electron chi connectivity index (χ0n) is 9.53. The first-order chi connectivity index (χ1) is 7.75. The van der Waals surface area contributed by atoms with Crippen molar-refractivity contribution < 1.29 is 4.42 Å². The Bertz CT molecular complexity index is 604. The molecule has 80 valence electrons. The summed E-state index contributed by atoms with van der Waals surface area (Å²) in [6, 6.07) is 14.8. The minimum Gasteiger partial charge on any atom is -0.461 e. The second kappa shape index (κ2) is 3.38. The molecule has 0 bridgehead atoms. The SMILES string of the molecule is CC(C)c1ccc2c3ccccc3cc-2o1. The van der Waals surface area contributed by atoms with Gasteiger partial charge in [0, 0.05) is 11.5 Å². The van der Waals surface area contributed by atoms with E-state index in [1.165, 1.54) is 16.3 Å². The van der Waals surface area contributed by atoms with Crippen LogP contribution in [0.2, 0.25) is 0 Å². The van der Waals surface area contributed by atoms with Crippen molar-refractivity contribution in [2.75, 3.05) is 0 Å². The van der Waals surface area contributed by atoms with Crippen molar-refractivity contribution in [1.29, 1.82) is 0 Å². The molecule has 0 aromatic heterocycles. The van der Waals surface area contributed by atoms with Gasteiger partial charge in [0.2, 0.25) is 0 Å². The number of rotatable bonds is 1. The molecule has 0 saturated carbocycles. The number of fused-ring (bicyclic) bond motifs is 3. The van der Waals surface area contributed by atoms with Gasteiger partial charge in [-0.2, -0.15) is 0 Å². The van der Waals surface area contributed by atoms with Crippen LogP contribution in [0.3, 0.4) is 0 Å². The molecule has 0 saturated heterocycles. The number of benzene rings is 1. The maximum atomic E-state index is 5.91. The molecule has 3 rings (SSSR count). The molecule has 0 N–H and O–H groups in total. The summed E-state index contributed by atoms with van der Waals surface area (Å²) in [4.78, 5) is 0. The molecule has 0 spiro atoms. The average molecular weight is 210 g/mol. The van der Waals surface area contributed by atoms with Gasteiger partial charge >= 0.3 is 0 Å². The van der Waals surface area contributed by atoms with E-state index < -0.39 is 0 Å². The Morgan fingerprint density at radius 3 is 2.62 bits per heavy atom. The molecule has 1 aromatic rings. The highest BCUT2D eigenvalue weighted by Crippen LogP contribution is 2.35. The highest BCUT2D eigenvalue weighted by Gasteiger charge is 2.13. The molecule has 0 amide bonds. The first kappa shape index (κ1) is 9.46. The van der Waals surface area contributed by atoms with Crippen molar-refractivity contribution >= 4 is 10.8 Å². The van der Waals surface area contributed by atoms with Crippen LogP contribution in [-0.4, -0.2) is 0 Å². The van der Waals surface area contributed by atoms with E-state index in [0.717, 1.165) is 11.5 Å². The third-order valence-corrected chi connectivity index (χ3v) is 3.01. The van der Waals surface area contributed by atoms with Crippen molar-refractivity contribution in [3.63, 3.8) is 0 Å². The minimum absolute atomic E-state index is 0.433. The predicted octanol–water partition coefficient (Wildman–Crippen LogP) is 4.66. The standard InChI is InChI=1S/C15H14O/c1-10(2)14-8-7-13-12-6-4-3-5-11(12)9-15(13)16-14/h3-10H,1-2H3. The van der Waals surface area contributed by atoms with Crippen LogP contribution in [-0.2, 0) is 0 Å². The molecule has 1 aliphatic carbocycles. The summed E-state index contributed by atoms with van der Waals surface area (Å²) in [7, 11) is 0. The van der Waals surface area contributed by atoms with E-state index in [4.69, 9.17) is 4.42 Å². The number of hydrogen-bond acceptors (Lipinski definition) is 1. The third kappa shape index (κ3) is 1.32. The van der Waals surface area contributed by atoms with Crippen LogP contribution < -0.4 is 0 Å². The fraction of sp³-hybridized carbons (Fsp3) is 0.200. The lowest BCUT2D eigenvalue weighted by Gasteiger charge is -2.06. The summed E-state index contributed by atoms with van der Waals surface area (Å²) in [5.41, 5.74) is 1.21. The Balaban J connectivity index is 2.32. The van der Waals surface area contributed by atoms with E-state index in [1.54, 1.807) is 0 Å². The second-order valence-corrected chi connectivity index (χ2v) is 4.50. The molecule has 1 heteroatoms. The molecule has 2 aliphatic rings. The highest BCUT2D eigenvalue weighted by molar-refractivity contribution is 6.00. The van der Waals surface area contributed by atoms with E-state index in [0.29, 0.717) is 5.92 Å². The Labute approximate surface area is 95.0 Å². The largest absolute Gasteiger partial charge is 0.461 e. The third-order valence-electron chi connectivity index (χ3n) is 3.01. The van der Waals surface area contributed by atoms with Gasteiger partial charge in [0.15, 0.2) is 0 Å². The van der Waals surface area contributed by atoms with E-state index in [9.17, 15) is 0 Å². The molecule has 1 aliphatic heterocycles. The smallest absolute Gasteiger partial charge is 0.135 e. The van der Waals surface area contributed by atoms with Gasteiger partial charge in [-0.05, 0) is 29.0 Å².